The van der Waals surface area contributed by atoms with E-state index < -0.39 is 0 Å². The molecule has 0 fully saturated rings. The quantitative estimate of drug-likeness (QED) is 0.185. The van der Waals surface area contributed by atoms with Gasteiger partial charge < -0.3 is 14.1 Å². The number of ether oxygens (including phenoxy) is 1. The number of halogens is 2. The van der Waals surface area contributed by atoms with Crippen molar-refractivity contribution in [2.45, 2.75) is 40.0 Å². The fraction of sp³-hybridized carbons (Fsp3) is 0.360. The number of carbonyl (C=O) groups is 2. The van der Waals surface area contributed by atoms with Crippen molar-refractivity contribution in [1.82, 2.24) is 4.90 Å². The maximum Gasteiger partial charge on any atom is 0.219 e. The number of benzene rings is 2. The molecule has 0 radical (unpaired) electrons. The molecule has 0 aliphatic heterocycles. The summed E-state index contributed by atoms with van der Waals surface area (Å²) in [5.41, 5.74) is 2.03. The van der Waals surface area contributed by atoms with Crippen LogP contribution in [0.2, 0.25) is 0 Å². The zero-order valence-electron chi connectivity index (χ0n) is 18.5. The molecule has 32 heavy (non-hydrogen) atoms. The number of amides is 1. The van der Waals surface area contributed by atoms with Gasteiger partial charge in [-0.3, -0.25) is 9.59 Å². The van der Waals surface area contributed by atoms with Crippen LogP contribution in [0.3, 0.4) is 0 Å². The predicted molar refractivity (Wildman–Crippen MR) is 144 cm³/mol. The first-order chi connectivity index (χ1) is 15.4. The molecule has 3 aromatic rings. The molecule has 7 heteroatoms. The number of hydrogen-bond acceptors (Lipinski definition) is 4. The first-order valence-electron chi connectivity index (χ1n) is 10.8. The second-order valence-electron chi connectivity index (χ2n) is 7.55. The van der Waals surface area contributed by atoms with Gasteiger partial charge in [0.05, 0.1) is 19.2 Å². The summed E-state index contributed by atoms with van der Waals surface area (Å²) in [5, 5.41) is 0.859. The van der Waals surface area contributed by atoms with Crippen molar-refractivity contribution in [3.05, 3.63) is 60.4 Å². The van der Waals surface area contributed by atoms with Gasteiger partial charge in [0.15, 0.2) is 5.78 Å². The molecule has 0 bridgehead atoms. The van der Waals surface area contributed by atoms with Crippen molar-refractivity contribution in [1.29, 1.82) is 0 Å². The minimum Gasteiger partial charge on any atom is -0.490 e. The number of fused-ring (bicyclic) bond motifs is 1. The Bertz CT molecular complexity index is 1100. The van der Waals surface area contributed by atoms with Crippen LogP contribution in [0.5, 0.6) is 5.75 Å². The van der Waals surface area contributed by atoms with Gasteiger partial charge in [-0.05, 0) is 76.7 Å². The number of likely N-dealkylation sites (N-methyl/N-ethyl adjacent to an activating group) is 1. The highest BCUT2D eigenvalue weighted by Gasteiger charge is 2.23. The third-order valence-electron chi connectivity index (χ3n) is 5.35. The highest BCUT2D eigenvalue weighted by molar-refractivity contribution is 14.1. The van der Waals surface area contributed by atoms with E-state index in [0.717, 1.165) is 48.9 Å². The van der Waals surface area contributed by atoms with Crippen LogP contribution in [-0.4, -0.2) is 36.3 Å². The average Bonchev–Trinajstić information content (AvgIpc) is 3.14. The summed E-state index contributed by atoms with van der Waals surface area (Å²) < 4.78 is 13.8. The van der Waals surface area contributed by atoms with Gasteiger partial charge in [0.2, 0.25) is 5.91 Å². The van der Waals surface area contributed by atoms with E-state index in [0.29, 0.717) is 30.8 Å². The fourth-order valence-electron chi connectivity index (χ4n) is 3.63. The third-order valence-corrected chi connectivity index (χ3v) is 6.95. The van der Waals surface area contributed by atoms with Crippen molar-refractivity contribution in [2.75, 3.05) is 19.7 Å². The summed E-state index contributed by atoms with van der Waals surface area (Å²) in [6.45, 7) is 7.22. The standard InChI is InChI=1S/C25H27I2NO4/c1-4-6-10-22-23(18-9-7-8-11-21(18)32-22)24(30)17-14-19(26)25(20(27)15-17)31-13-12-28(5-2)16(3)29/h7-9,11,14-15H,4-6,10,12-13H2,1-3H3. The van der Waals surface area contributed by atoms with E-state index in [1.807, 2.05) is 43.3 Å². The van der Waals surface area contributed by atoms with Gasteiger partial charge in [-0.15, -0.1) is 0 Å². The molecule has 1 heterocycles. The molecular weight excluding hydrogens is 632 g/mol. The minimum absolute atomic E-state index is 0.0304. The van der Waals surface area contributed by atoms with E-state index in [1.54, 1.807) is 11.8 Å². The van der Waals surface area contributed by atoms with E-state index in [-0.39, 0.29) is 11.7 Å². The maximum atomic E-state index is 13.6. The zero-order valence-corrected chi connectivity index (χ0v) is 22.9. The molecule has 0 aliphatic carbocycles. The number of para-hydroxylation sites is 1. The molecule has 0 N–H and O–H groups in total. The summed E-state index contributed by atoms with van der Waals surface area (Å²) in [5.74, 6) is 1.50. The zero-order chi connectivity index (χ0) is 23.3. The number of unbranched alkanes of at least 4 members (excludes halogenated alkanes) is 1. The van der Waals surface area contributed by atoms with Gasteiger partial charge in [-0.2, -0.15) is 0 Å². The first kappa shape index (κ1) is 25.0. The van der Waals surface area contributed by atoms with E-state index in [9.17, 15) is 9.59 Å². The normalized spacial score (nSPS) is 11.0. The number of rotatable bonds is 10. The fourth-order valence-corrected chi connectivity index (χ4v) is 5.71. The number of hydrogen-bond donors (Lipinski definition) is 0. The highest BCUT2D eigenvalue weighted by Crippen LogP contribution is 2.33. The van der Waals surface area contributed by atoms with Gasteiger partial charge in [0.1, 0.15) is 23.7 Å². The number of nitrogens with zero attached hydrogens (tertiary/aromatic N) is 1. The SMILES string of the molecule is CCCCc1oc2ccccc2c1C(=O)c1cc(I)c(OCCN(CC)C(C)=O)c(I)c1. The summed E-state index contributed by atoms with van der Waals surface area (Å²) in [4.78, 5) is 26.9. The predicted octanol–water partition coefficient (Wildman–Crippen LogP) is 6.46. The second-order valence-corrected chi connectivity index (χ2v) is 9.87. The molecule has 0 saturated heterocycles. The lowest BCUT2D eigenvalue weighted by molar-refractivity contribution is -0.129. The number of aryl methyl sites for hydroxylation is 1. The maximum absolute atomic E-state index is 13.6. The molecule has 1 amide bonds. The molecule has 0 unspecified atom stereocenters. The Kier molecular flexibility index (Phi) is 8.98. The summed E-state index contributed by atoms with van der Waals surface area (Å²) in [7, 11) is 0. The molecule has 2 aromatic carbocycles. The third kappa shape index (κ3) is 5.65. The molecule has 1 aromatic heterocycles. The van der Waals surface area contributed by atoms with Gasteiger partial charge in [-0.1, -0.05) is 31.5 Å². The molecule has 0 saturated carbocycles. The van der Waals surface area contributed by atoms with Gasteiger partial charge >= 0.3 is 0 Å². The largest absolute Gasteiger partial charge is 0.490 e. The Labute approximate surface area is 216 Å². The lowest BCUT2D eigenvalue weighted by Crippen LogP contribution is -2.32. The van der Waals surface area contributed by atoms with Gasteiger partial charge in [0, 0.05) is 30.8 Å². The lowest BCUT2D eigenvalue weighted by Gasteiger charge is -2.19. The highest BCUT2D eigenvalue weighted by atomic mass is 127. The topological polar surface area (TPSA) is 59.8 Å². The number of carbonyl (C=O) groups excluding carboxylic acids is 2. The van der Waals surface area contributed by atoms with Crippen LogP contribution in [0.15, 0.2) is 40.8 Å². The van der Waals surface area contributed by atoms with Crippen molar-refractivity contribution in [2.24, 2.45) is 0 Å². The number of ketones is 1. The van der Waals surface area contributed by atoms with Gasteiger partial charge in [0.25, 0.3) is 0 Å². The molecule has 0 aliphatic rings. The second kappa shape index (κ2) is 11.5. The van der Waals surface area contributed by atoms with Crippen LogP contribution >= 0.6 is 45.2 Å². The Morgan fingerprint density at radius 1 is 1.09 bits per heavy atom. The van der Waals surface area contributed by atoms with Crippen LogP contribution in [0.1, 0.15) is 55.3 Å². The molecule has 170 valence electrons. The van der Waals surface area contributed by atoms with Crippen LogP contribution in [0, 0.1) is 7.14 Å². The molecular formula is C25H27I2NO4. The van der Waals surface area contributed by atoms with Crippen molar-refractivity contribution in [3.63, 3.8) is 0 Å². The Morgan fingerprint density at radius 3 is 2.41 bits per heavy atom. The van der Waals surface area contributed by atoms with Crippen molar-refractivity contribution in [3.8, 4) is 5.75 Å². The van der Waals surface area contributed by atoms with Crippen molar-refractivity contribution < 1.29 is 18.7 Å². The van der Waals surface area contributed by atoms with E-state index in [2.05, 4.69) is 52.1 Å². The minimum atomic E-state index is -0.0304. The van der Waals surface area contributed by atoms with Gasteiger partial charge in [-0.25, -0.2) is 0 Å². The Balaban J connectivity index is 1.88. The monoisotopic (exact) mass is 659 g/mol. The van der Waals surface area contributed by atoms with Crippen molar-refractivity contribution >= 4 is 67.8 Å². The van der Waals surface area contributed by atoms with E-state index >= 15 is 0 Å². The summed E-state index contributed by atoms with van der Waals surface area (Å²) >= 11 is 4.41. The van der Waals surface area contributed by atoms with Crippen LogP contribution in [-0.2, 0) is 11.2 Å². The van der Waals surface area contributed by atoms with E-state index in [1.165, 1.54) is 0 Å². The summed E-state index contributed by atoms with van der Waals surface area (Å²) in [6.07, 6.45) is 2.74. The van der Waals surface area contributed by atoms with Crippen LogP contribution in [0.25, 0.3) is 11.0 Å². The smallest absolute Gasteiger partial charge is 0.219 e. The first-order valence-corrected chi connectivity index (χ1v) is 13.0. The molecule has 5 nitrogen and oxygen atoms in total. The number of furan rings is 1. The molecule has 0 atom stereocenters. The van der Waals surface area contributed by atoms with Crippen LogP contribution < -0.4 is 4.74 Å². The lowest BCUT2D eigenvalue weighted by atomic mass is 9.98. The van der Waals surface area contributed by atoms with E-state index in [4.69, 9.17) is 9.15 Å². The molecule has 3 rings (SSSR count). The Morgan fingerprint density at radius 2 is 1.78 bits per heavy atom. The Hall–Kier alpha value is -1.62. The average molecular weight is 659 g/mol. The summed E-state index contributed by atoms with van der Waals surface area (Å²) in [6, 6.07) is 11.5. The van der Waals surface area contributed by atoms with Crippen LogP contribution in [0.4, 0.5) is 0 Å². The molecule has 0 spiro atoms.